The Morgan fingerprint density at radius 2 is 2.17 bits per heavy atom. The highest BCUT2D eigenvalue weighted by atomic mass is 19.1. The minimum Gasteiger partial charge on any atom is -0.391 e. The average Bonchev–Trinajstić information content (AvgIpc) is 3.26. The molecule has 1 aliphatic heterocycles. The zero-order chi connectivity index (χ0) is 16.7. The normalized spacial score (nSPS) is 25.8. The van der Waals surface area contributed by atoms with Gasteiger partial charge >= 0.3 is 6.03 Å². The zero-order valence-corrected chi connectivity index (χ0v) is 13.0. The van der Waals surface area contributed by atoms with Crippen LogP contribution >= 0.6 is 0 Å². The lowest BCUT2D eigenvalue weighted by Gasteiger charge is -2.26. The van der Waals surface area contributed by atoms with Crippen molar-refractivity contribution in [2.75, 3.05) is 11.9 Å². The third kappa shape index (κ3) is 2.54. The van der Waals surface area contributed by atoms with E-state index in [1.54, 1.807) is 23.1 Å². The third-order valence-electron chi connectivity index (χ3n) is 4.96. The highest BCUT2D eigenvalue weighted by Crippen LogP contribution is 2.38. The third-order valence-corrected chi connectivity index (χ3v) is 4.96. The second kappa shape index (κ2) is 5.90. The average molecular weight is 331 g/mol. The minimum atomic E-state index is -0.463. The molecule has 3 atom stereocenters. The van der Waals surface area contributed by atoms with Crippen molar-refractivity contribution in [2.24, 2.45) is 5.92 Å². The number of nitrogens with zero attached hydrogens (tertiary/aromatic N) is 2. The molecule has 1 saturated carbocycles. The molecule has 2 heterocycles. The van der Waals surface area contributed by atoms with Gasteiger partial charge in [-0.25, -0.2) is 9.18 Å². The van der Waals surface area contributed by atoms with Gasteiger partial charge in [-0.2, -0.15) is 0 Å². The van der Waals surface area contributed by atoms with E-state index in [9.17, 15) is 14.3 Å². The monoisotopic (exact) mass is 331 g/mol. The summed E-state index contributed by atoms with van der Waals surface area (Å²) in [6.45, 7) is 0.621. The molecule has 2 aliphatic rings. The molecule has 2 aromatic rings. The number of urea groups is 1. The molecule has 6 nitrogen and oxygen atoms in total. The fraction of sp³-hybridized carbons (Fsp3) is 0.412. The number of carbonyl (C=O) groups is 1. The summed E-state index contributed by atoms with van der Waals surface area (Å²) in [7, 11) is 0. The zero-order valence-electron chi connectivity index (χ0n) is 13.0. The van der Waals surface area contributed by atoms with Gasteiger partial charge in [0.15, 0.2) is 11.6 Å². The van der Waals surface area contributed by atoms with Gasteiger partial charge in [0.1, 0.15) is 5.82 Å². The van der Waals surface area contributed by atoms with Crippen LogP contribution in [0, 0.1) is 11.7 Å². The fourth-order valence-corrected chi connectivity index (χ4v) is 3.81. The van der Waals surface area contributed by atoms with Gasteiger partial charge in [-0.1, -0.05) is 17.3 Å². The summed E-state index contributed by atoms with van der Waals surface area (Å²) < 4.78 is 18.9. The summed E-state index contributed by atoms with van der Waals surface area (Å²) in [5, 5.41) is 16.5. The minimum absolute atomic E-state index is 0.122. The van der Waals surface area contributed by atoms with E-state index in [-0.39, 0.29) is 29.2 Å². The van der Waals surface area contributed by atoms with Crippen LogP contribution < -0.4 is 5.32 Å². The number of anilines is 1. The van der Waals surface area contributed by atoms with E-state index >= 15 is 0 Å². The summed E-state index contributed by atoms with van der Waals surface area (Å²) in [6, 6.07) is 7.28. The van der Waals surface area contributed by atoms with E-state index in [1.165, 1.54) is 12.1 Å². The lowest BCUT2D eigenvalue weighted by atomic mass is 10.0. The van der Waals surface area contributed by atoms with E-state index in [0.29, 0.717) is 12.5 Å². The molecule has 0 spiro atoms. The van der Waals surface area contributed by atoms with Crippen molar-refractivity contribution >= 4 is 11.8 Å². The molecule has 24 heavy (non-hydrogen) atoms. The number of benzene rings is 1. The molecule has 2 amide bonds. The van der Waals surface area contributed by atoms with Crippen LogP contribution in [0.2, 0.25) is 0 Å². The molecule has 0 unspecified atom stereocenters. The van der Waals surface area contributed by atoms with Gasteiger partial charge in [0.2, 0.25) is 0 Å². The molecule has 0 bridgehead atoms. The van der Waals surface area contributed by atoms with Crippen LogP contribution in [0.5, 0.6) is 0 Å². The van der Waals surface area contributed by atoms with Gasteiger partial charge < -0.3 is 14.5 Å². The molecule has 1 aromatic carbocycles. The van der Waals surface area contributed by atoms with Gasteiger partial charge in [0.05, 0.1) is 17.7 Å². The molecule has 1 aromatic heterocycles. The van der Waals surface area contributed by atoms with Crippen LogP contribution in [0.1, 0.15) is 19.3 Å². The number of nitrogens with one attached hydrogen (secondary N) is 1. The van der Waals surface area contributed by atoms with Crippen molar-refractivity contribution in [1.82, 2.24) is 10.1 Å². The molecule has 2 N–H and O–H groups in total. The van der Waals surface area contributed by atoms with Crippen LogP contribution in [-0.4, -0.2) is 39.9 Å². The van der Waals surface area contributed by atoms with E-state index in [1.807, 2.05) is 0 Å². The smallest absolute Gasteiger partial charge is 0.323 e. The Morgan fingerprint density at radius 3 is 3.00 bits per heavy atom. The Bertz CT molecular complexity index is 763. The van der Waals surface area contributed by atoms with E-state index in [0.717, 1.165) is 19.3 Å². The number of aliphatic hydroxyl groups is 1. The fourth-order valence-electron chi connectivity index (χ4n) is 3.81. The molecule has 1 aliphatic carbocycles. The SMILES string of the molecule is O=C(Nc1cc(-c2ccccc2F)on1)N1CC[C@@H]2CC[C@@H](O)[C@@H]21. The molecular formula is C17H18FN3O3. The topological polar surface area (TPSA) is 78.6 Å². The maximum Gasteiger partial charge on any atom is 0.323 e. The van der Waals surface area contributed by atoms with Crippen LogP contribution in [-0.2, 0) is 0 Å². The Hall–Kier alpha value is -2.41. The van der Waals surface area contributed by atoms with Crippen molar-refractivity contribution in [1.29, 1.82) is 0 Å². The number of aliphatic hydroxyl groups excluding tert-OH is 1. The summed E-state index contributed by atoms with van der Waals surface area (Å²) in [5.41, 5.74) is 0.290. The van der Waals surface area contributed by atoms with E-state index < -0.39 is 11.9 Å². The van der Waals surface area contributed by atoms with E-state index in [4.69, 9.17) is 4.52 Å². The molecular weight excluding hydrogens is 313 g/mol. The van der Waals surface area contributed by atoms with Crippen molar-refractivity contribution < 1.29 is 18.8 Å². The lowest BCUT2D eigenvalue weighted by Crippen LogP contribution is -2.44. The summed E-state index contributed by atoms with van der Waals surface area (Å²) >= 11 is 0. The van der Waals surface area contributed by atoms with Crippen LogP contribution in [0.15, 0.2) is 34.9 Å². The molecule has 7 heteroatoms. The standard InChI is InChI=1S/C17H18FN3O3/c18-12-4-2-1-3-11(12)14-9-15(20-24-14)19-17(23)21-8-7-10-5-6-13(22)16(10)21/h1-4,9-10,13,16,22H,5-8H2,(H,19,20,23)/t10-,13+,16+/m0/s1. The van der Waals surface area contributed by atoms with Gasteiger partial charge in [-0.05, 0) is 37.3 Å². The molecule has 126 valence electrons. The van der Waals surface area contributed by atoms with Gasteiger partial charge in [0, 0.05) is 12.6 Å². The predicted molar refractivity (Wildman–Crippen MR) is 84.8 cm³/mol. The Labute approximate surface area is 138 Å². The summed E-state index contributed by atoms with van der Waals surface area (Å²) in [5.74, 6) is 0.442. The maximum atomic E-state index is 13.8. The number of carbonyl (C=O) groups excluding carboxylic acids is 1. The lowest BCUT2D eigenvalue weighted by molar-refractivity contribution is 0.101. The highest BCUT2D eigenvalue weighted by Gasteiger charge is 2.45. The molecule has 1 saturated heterocycles. The highest BCUT2D eigenvalue weighted by molar-refractivity contribution is 5.89. The number of likely N-dealkylation sites (tertiary alicyclic amines) is 1. The molecule has 2 fully saturated rings. The van der Waals surface area contributed by atoms with E-state index in [2.05, 4.69) is 10.5 Å². The summed E-state index contributed by atoms with van der Waals surface area (Å²) in [6.07, 6.45) is 2.14. The second-order valence-corrected chi connectivity index (χ2v) is 6.36. The summed E-state index contributed by atoms with van der Waals surface area (Å²) in [4.78, 5) is 14.1. The van der Waals surface area contributed by atoms with Crippen molar-refractivity contribution in [3.8, 4) is 11.3 Å². The first-order valence-electron chi connectivity index (χ1n) is 8.11. The van der Waals surface area contributed by atoms with Gasteiger partial charge in [-0.15, -0.1) is 0 Å². The first-order chi connectivity index (χ1) is 11.6. The van der Waals surface area contributed by atoms with Gasteiger partial charge in [-0.3, -0.25) is 5.32 Å². The number of hydrogen-bond donors (Lipinski definition) is 2. The second-order valence-electron chi connectivity index (χ2n) is 6.36. The van der Waals surface area contributed by atoms with Crippen molar-refractivity contribution in [3.63, 3.8) is 0 Å². The number of fused-ring (bicyclic) bond motifs is 1. The predicted octanol–water partition coefficient (Wildman–Crippen LogP) is 2.86. The Kier molecular flexibility index (Phi) is 3.72. The van der Waals surface area contributed by atoms with Crippen molar-refractivity contribution in [3.05, 3.63) is 36.1 Å². The Balaban J connectivity index is 1.48. The quantitative estimate of drug-likeness (QED) is 0.887. The van der Waals surface area contributed by atoms with Gasteiger partial charge in [0.25, 0.3) is 0 Å². The maximum absolute atomic E-state index is 13.8. The van der Waals surface area contributed by atoms with Crippen LogP contribution in [0.4, 0.5) is 15.0 Å². The first-order valence-corrected chi connectivity index (χ1v) is 8.11. The number of amides is 2. The Morgan fingerprint density at radius 1 is 1.33 bits per heavy atom. The molecule has 0 radical (unpaired) electrons. The van der Waals surface area contributed by atoms with Crippen molar-refractivity contribution in [2.45, 2.75) is 31.4 Å². The van der Waals surface area contributed by atoms with Crippen LogP contribution in [0.3, 0.4) is 0 Å². The largest absolute Gasteiger partial charge is 0.391 e. The van der Waals surface area contributed by atoms with Crippen LogP contribution in [0.25, 0.3) is 11.3 Å². The number of halogens is 1. The number of hydrogen-bond acceptors (Lipinski definition) is 4. The number of rotatable bonds is 2. The first kappa shape index (κ1) is 15.1. The molecule has 4 rings (SSSR count). The number of aromatic nitrogens is 1.